The lowest BCUT2D eigenvalue weighted by Gasteiger charge is -2.27. The molecular formula is C10H21NO4. The van der Waals surface area contributed by atoms with Gasteiger partial charge in [-0.3, -0.25) is 4.79 Å². The maximum Gasteiger partial charge on any atom is 0.326 e. The van der Waals surface area contributed by atoms with Crippen LogP contribution in [0.15, 0.2) is 0 Å². The quantitative estimate of drug-likeness (QED) is 0.622. The molecule has 0 heterocycles. The van der Waals surface area contributed by atoms with Crippen molar-refractivity contribution in [3.8, 4) is 0 Å². The van der Waals surface area contributed by atoms with E-state index in [1.165, 1.54) is 0 Å². The van der Waals surface area contributed by atoms with E-state index in [1.807, 2.05) is 13.8 Å². The molecule has 0 saturated heterocycles. The van der Waals surface area contributed by atoms with Crippen molar-refractivity contribution in [2.24, 2.45) is 0 Å². The van der Waals surface area contributed by atoms with Crippen molar-refractivity contribution in [2.75, 3.05) is 26.9 Å². The summed E-state index contributed by atoms with van der Waals surface area (Å²) in [6.45, 7) is 6.49. The molecule has 2 unspecified atom stereocenters. The van der Waals surface area contributed by atoms with Gasteiger partial charge < -0.3 is 19.9 Å². The summed E-state index contributed by atoms with van der Waals surface area (Å²) in [6, 6.07) is 0. The molecule has 0 aromatic heterocycles. The molecule has 5 nitrogen and oxygen atoms in total. The first kappa shape index (κ1) is 14.3. The van der Waals surface area contributed by atoms with Gasteiger partial charge in [0, 0.05) is 7.11 Å². The molecule has 0 rings (SSSR count). The van der Waals surface area contributed by atoms with Crippen LogP contribution < -0.4 is 5.32 Å². The van der Waals surface area contributed by atoms with E-state index in [2.05, 4.69) is 5.32 Å². The lowest BCUT2D eigenvalue weighted by atomic mass is 10.0. The van der Waals surface area contributed by atoms with E-state index in [1.54, 1.807) is 14.0 Å². The number of carboxylic acids is 1. The van der Waals surface area contributed by atoms with Gasteiger partial charge in [0.2, 0.25) is 0 Å². The molecule has 0 aliphatic carbocycles. The van der Waals surface area contributed by atoms with Gasteiger partial charge in [0.15, 0.2) is 0 Å². The Balaban J connectivity index is 4.12. The van der Waals surface area contributed by atoms with Gasteiger partial charge in [-0.2, -0.15) is 0 Å². The molecule has 2 atom stereocenters. The molecule has 0 fully saturated rings. The largest absolute Gasteiger partial charge is 0.480 e. The molecular weight excluding hydrogens is 198 g/mol. The highest BCUT2D eigenvalue weighted by molar-refractivity contribution is 5.78. The smallest absolute Gasteiger partial charge is 0.326 e. The van der Waals surface area contributed by atoms with E-state index >= 15 is 0 Å². The third-order valence-electron chi connectivity index (χ3n) is 2.10. The van der Waals surface area contributed by atoms with Gasteiger partial charge in [0.05, 0.1) is 19.3 Å². The van der Waals surface area contributed by atoms with Crippen LogP contribution in [-0.2, 0) is 14.3 Å². The van der Waals surface area contributed by atoms with E-state index in [4.69, 9.17) is 14.6 Å². The minimum absolute atomic E-state index is 0.104. The first-order valence-corrected chi connectivity index (χ1v) is 5.05. The molecule has 0 aromatic rings. The van der Waals surface area contributed by atoms with Crippen LogP contribution in [0.3, 0.4) is 0 Å². The van der Waals surface area contributed by atoms with Crippen molar-refractivity contribution in [3.05, 3.63) is 0 Å². The van der Waals surface area contributed by atoms with Crippen LogP contribution in [0.25, 0.3) is 0 Å². The van der Waals surface area contributed by atoms with Crippen LogP contribution in [-0.4, -0.2) is 49.6 Å². The van der Waals surface area contributed by atoms with Crippen LogP contribution >= 0.6 is 0 Å². The first-order valence-electron chi connectivity index (χ1n) is 5.05. The second-order valence-corrected chi connectivity index (χ2v) is 3.74. The number of hydrogen-bond donors (Lipinski definition) is 2. The number of aliphatic carboxylic acids is 1. The minimum atomic E-state index is -1.03. The average Bonchev–Trinajstić information content (AvgIpc) is 2.15. The summed E-state index contributed by atoms with van der Waals surface area (Å²) in [5.74, 6) is -0.908. The summed E-state index contributed by atoms with van der Waals surface area (Å²) < 4.78 is 10.3. The summed E-state index contributed by atoms with van der Waals surface area (Å²) in [5.41, 5.74) is -1.03. The second-order valence-electron chi connectivity index (χ2n) is 3.74. The van der Waals surface area contributed by atoms with E-state index < -0.39 is 11.5 Å². The minimum Gasteiger partial charge on any atom is -0.480 e. The monoisotopic (exact) mass is 219 g/mol. The second kappa shape index (κ2) is 6.76. The average molecular weight is 219 g/mol. The van der Waals surface area contributed by atoms with Crippen LogP contribution in [0.5, 0.6) is 0 Å². The Bertz CT molecular complexity index is 198. The predicted octanol–water partition coefficient (Wildman–Crippen LogP) is 0.491. The van der Waals surface area contributed by atoms with Crippen molar-refractivity contribution in [2.45, 2.75) is 32.4 Å². The fourth-order valence-electron chi connectivity index (χ4n) is 1.17. The zero-order valence-electron chi connectivity index (χ0n) is 9.87. The standard InChI is InChI=1S/C10H21NO4/c1-5-11-10(3,9(12)13)7-15-8(2)6-14-4/h8,11H,5-7H2,1-4H3,(H,12,13). The fourth-order valence-corrected chi connectivity index (χ4v) is 1.17. The Morgan fingerprint density at radius 2 is 2.20 bits per heavy atom. The van der Waals surface area contributed by atoms with E-state index in [-0.39, 0.29) is 12.7 Å². The molecule has 0 bridgehead atoms. The molecule has 90 valence electrons. The number of methoxy groups -OCH3 is 1. The van der Waals surface area contributed by atoms with Crippen molar-refractivity contribution in [1.82, 2.24) is 5.32 Å². The Morgan fingerprint density at radius 3 is 2.60 bits per heavy atom. The summed E-state index contributed by atoms with van der Waals surface area (Å²) >= 11 is 0. The third kappa shape index (κ3) is 5.11. The third-order valence-corrected chi connectivity index (χ3v) is 2.10. The summed E-state index contributed by atoms with van der Waals surface area (Å²) in [4.78, 5) is 11.0. The fraction of sp³-hybridized carbons (Fsp3) is 0.900. The predicted molar refractivity (Wildman–Crippen MR) is 57.0 cm³/mol. The van der Waals surface area contributed by atoms with Crippen molar-refractivity contribution < 1.29 is 19.4 Å². The van der Waals surface area contributed by atoms with Crippen LogP contribution in [0.4, 0.5) is 0 Å². The number of carbonyl (C=O) groups is 1. The molecule has 2 N–H and O–H groups in total. The highest BCUT2D eigenvalue weighted by Crippen LogP contribution is 2.06. The molecule has 0 saturated carbocycles. The Morgan fingerprint density at radius 1 is 1.60 bits per heavy atom. The summed E-state index contributed by atoms with van der Waals surface area (Å²) in [7, 11) is 1.58. The van der Waals surface area contributed by atoms with Gasteiger partial charge in [-0.05, 0) is 20.4 Å². The normalized spacial score (nSPS) is 17.1. The molecule has 0 aromatic carbocycles. The van der Waals surface area contributed by atoms with Gasteiger partial charge >= 0.3 is 5.97 Å². The Kier molecular flexibility index (Phi) is 6.47. The van der Waals surface area contributed by atoms with Crippen LogP contribution in [0, 0.1) is 0 Å². The highest BCUT2D eigenvalue weighted by Gasteiger charge is 2.32. The molecule has 0 radical (unpaired) electrons. The number of carboxylic acid groups (broad SMARTS) is 1. The number of hydrogen-bond acceptors (Lipinski definition) is 4. The molecule has 0 aliphatic rings. The zero-order valence-corrected chi connectivity index (χ0v) is 9.87. The van der Waals surface area contributed by atoms with E-state index in [0.717, 1.165) is 0 Å². The number of likely N-dealkylation sites (N-methyl/N-ethyl adjacent to an activating group) is 1. The van der Waals surface area contributed by atoms with Crippen molar-refractivity contribution in [3.63, 3.8) is 0 Å². The number of rotatable bonds is 8. The lowest BCUT2D eigenvalue weighted by Crippen LogP contribution is -2.53. The summed E-state index contributed by atoms with van der Waals surface area (Å²) in [6.07, 6.45) is -0.104. The highest BCUT2D eigenvalue weighted by atomic mass is 16.5. The molecule has 0 aliphatic heterocycles. The molecule has 0 amide bonds. The summed E-state index contributed by atoms with van der Waals surface area (Å²) in [5, 5.41) is 11.9. The number of nitrogens with one attached hydrogen (secondary N) is 1. The SMILES string of the molecule is CCNC(C)(COC(C)COC)C(=O)O. The van der Waals surface area contributed by atoms with Crippen molar-refractivity contribution >= 4 is 5.97 Å². The maximum atomic E-state index is 11.0. The zero-order chi connectivity index (χ0) is 11.9. The lowest BCUT2D eigenvalue weighted by molar-refractivity contribution is -0.148. The first-order chi connectivity index (χ1) is 6.96. The molecule has 15 heavy (non-hydrogen) atoms. The van der Waals surface area contributed by atoms with Gasteiger partial charge in [-0.25, -0.2) is 0 Å². The Hall–Kier alpha value is -0.650. The molecule has 5 heteroatoms. The topological polar surface area (TPSA) is 67.8 Å². The van der Waals surface area contributed by atoms with Gasteiger partial charge in [-0.1, -0.05) is 6.92 Å². The van der Waals surface area contributed by atoms with Gasteiger partial charge in [0.1, 0.15) is 5.54 Å². The van der Waals surface area contributed by atoms with Gasteiger partial charge in [-0.15, -0.1) is 0 Å². The van der Waals surface area contributed by atoms with Crippen LogP contribution in [0.1, 0.15) is 20.8 Å². The van der Waals surface area contributed by atoms with Gasteiger partial charge in [0.25, 0.3) is 0 Å². The van der Waals surface area contributed by atoms with E-state index in [0.29, 0.717) is 13.2 Å². The maximum absolute atomic E-state index is 11.0. The van der Waals surface area contributed by atoms with E-state index in [9.17, 15) is 4.79 Å². The number of ether oxygens (including phenoxy) is 2. The molecule has 0 spiro atoms. The van der Waals surface area contributed by atoms with Crippen molar-refractivity contribution in [1.29, 1.82) is 0 Å². The van der Waals surface area contributed by atoms with Crippen LogP contribution in [0.2, 0.25) is 0 Å². The Labute approximate surface area is 90.8 Å².